The average molecular weight is 335 g/mol. The largest absolute Gasteiger partial charge is 0.350 e. The van der Waals surface area contributed by atoms with Gasteiger partial charge < -0.3 is 10.6 Å². The number of benzene rings is 1. The molecule has 2 N–H and O–H groups in total. The Balaban J connectivity index is 1.95. The molecule has 1 aliphatic heterocycles. The first kappa shape index (κ1) is 17.9. The molecule has 24 heavy (non-hydrogen) atoms. The minimum absolute atomic E-state index is 0.00157. The minimum atomic E-state index is -0.989. The molecule has 1 aromatic rings. The van der Waals surface area contributed by atoms with Crippen molar-refractivity contribution in [3.05, 3.63) is 35.6 Å². The van der Waals surface area contributed by atoms with Gasteiger partial charge in [-0.2, -0.15) is 0 Å². The van der Waals surface area contributed by atoms with Gasteiger partial charge in [0.15, 0.2) is 0 Å². The molecule has 7 heteroatoms. The molecule has 0 radical (unpaired) electrons. The Morgan fingerprint density at radius 2 is 2.00 bits per heavy atom. The number of hydrogen-bond acceptors (Lipinski definition) is 3. The Morgan fingerprint density at radius 1 is 1.33 bits per heavy atom. The highest BCUT2D eigenvalue weighted by molar-refractivity contribution is 6.08. The summed E-state index contributed by atoms with van der Waals surface area (Å²) in [6.07, 6.45) is 0.491. The highest BCUT2D eigenvalue weighted by atomic mass is 19.1. The first-order valence-corrected chi connectivity index (χ1v) is 7.87. The first-order chi connectivity index (χ1) is 11.2. The van der Waals surface area contributed by atoms with Gasteiger partial charge in [-0.25, -0.2) is 9.18 Å². The van der Waals surface area contributed by atoms with Crippen molar-refractivity contribution in [3.63, 3.8) is 0 Å². The van der Waals surface area contributed by atoms with Crippen molar-refractivity contribution in [1.82, 2.24) is 15.5 Å². The predicted octanol–water partition coefficient (Wildman–Crippen LogP) is 1.80. The molecule has 0 saturated carbocycles. The number of amides is 4. The zero-order chi connectivity index (χ0) is 17.9. The number of hydrogen-bond donors (Lipinski definition) is 2. The lowest BCUT2D eigenvalue weighted by atomic mass is 9.91. The van der Waals surface area contributed by atoms with Gasteiger partial charge in [0.05, 0.1) is 0 Å². The number of carbonyl (C=O) groups is 3. The topological polar surface area (TPSA) is 78.5 Å². The van der Waals surface area contributed by atoms with Crippen LogP contribution >= 0.6 is 0 Å². The average Bonchev–Trinajstić information content (AvgIpc) is 2.69. The fraction of sp³-hybridized carbons (Fsp3) is 0.471. The lowest BCUT2D eigenvalue weighted by Gasteiger charge is -2.23. The van der Waals surface area contributed by atoms with E-state index in [0.717, 1.165) is 4.90 Å². The second kappa shape index (κ2) is 6.98. The van der Waals surface area contributed by atoms with E-state index < -0.39 is 29.2 Å². The molecule has 1 atom stereocenters. The Kier molecular flexibility index (Phi) is 5.21. The quantitative estimate of drug-likeness (QED) is 0.778. The molecule has 1 aromatic carbocycles. The van der Waals surface area contributed by atoms with Crippen molar-refractivity contribution in [1.29, 1.82) is 0 Å². The molecule has 1 saturated heterocycles. The summed E-state index contributed by atoms with van der Waals surface area (Å²) in [5.74, 6) is -1.14. The normalized spacial score (nSPS) is 20.5. The van der Waals surface area contributed by atoms with E-state index in [1.54, 1.807) is 25.1 Å². The maximum atomic E-state index is 13.5. The molecule has 1 unspecified atom stereocenters. The highest BCUT2D eigenvalue weighted by Gasteiger charge is 2.48. The van der Waals surface area contributed by atoms with Gasteiger partial charge in [0.1, 0.15) is 17.9 Å². The lowest BCUT2D eigenvalue weighted by molar-refractivity contribution is -0.135. The number of halogens is 1. The molecule has 2 rings (SSSR count). The predicted molar refractivity (Wildman–Crippen MR) is 86.4 cm³/mol. The van der Waals surface area contributed by atoms with E-state index in [2.05, 4.69) is 10.6 Å². The van der Waals surface area contributed by atoms with Gasteiger partial charge in [-0.1, -0.05) is 32.0 Å². The van der Waals surface area contributed by atoms with Crippen molar-refractivity contribution in [2.45, 2.75) is 39.3 Å². The standard InChI is InChI=1S/C17H22FN3O3/c1-11(2)8-17(3)15(23)21(16(24)20-17)10-14(22)19-9-12-6-4-5-7-13(12)18/h4-7,11H,8-10H2,1-3H3,(H,19,22)(H,20,24). The van der Waals surface area contributed by atoms with Crippen LogP contribution in [0.15, 0.2) is 24.3 Å². The SMILES string of the molecule is CC(C)CC1(C)NC(=O)N(CC(=O)NCc2ccccc2F)C1=O. The summed E-state index contributed by atoms with van der Waals surface area (Å²) in [5, 5.41) is 5.17. The molecule has 0 spiro atoms. The van der Waals surface area contributed by atoms with Crippen LogP contribution in [0.3, 0.4) is 0 Å². The molecule has 4 amide bonds. The van der Waals surface area contributed by atoms with Crippen molar-refractivity contribution in [2.24, 2.45) is 5.92 Å². The zero-order valence-electron chi connectivity index (χ0n) is 14.1. The van der Waals surface area contributed by atoms with E-state index in [9.17, 15) is 18.8 Å². The fourth-order valence-electron chi connectivity index (χ4n) is 2.88. The molecular formula is C17H22FN3O3. The van der Waals surface area contributed by atoms with Gasteiger partial charge >= 0.3 is 6.03 Å². The number of nitrogens with zero attached hydrogens (tertiary/aromatic N) is 1. The highest BCUT2D eigenvalue weighted by Crippen LogP contribution is 2.24. The minimum Gasteiger partial charge on any atom is -0.350 e. The number of rotatable bonds is 6. The van der Waals surface area contributed by atoms with Gasteiger partial charge in [-0.05, 0) is 25.3 Å². The third-order valence-electron chi connectivity index (χ3n) is 3.90. The van der Waals surface area contributed by atoms with Crippen LogP contribution in [-0.2, 0) is 16.1 Å². The van der Waals surface area contributed by atoms with E-state index in [1.807, 2.05) is 13.8 Å². The molecule has 0 aromatic heterocycles. The number of carbonyl (C=O) groups excluding carboxylic acids is 3. The van der Waals surface area contributed by atoms with Crippen LogP contribution in [0, 0.1) is 11.7 Å². The summed E-state index contributed by atoms with van der Waals surface area (Å²) in [6, 6.07) is 5.51. The summed E-state index contributed by atoms with van der Waals surface area (Å²) >= 11 is 0. The van der Waals surface area contributed by atoms with Crippen LogP contribution in [0.5, 0.6) is 0 Å². The lowest BCUT2D eigenvalue weighted by Crippen LogP contribution is -2.46. The van der Waals surface area contributed by atoms with E-state index in [0.29, 0.717) is 12.0 Å². The molecule has 130 valence electrons. The van der Waals surface area contributed by atoms with Gasteiger partial charge in [-0.15, -0.1) is 0 Å². The molecule has 1 heterocycles. The summed E-state index contributed by atoms with van der Waals surface area (Å²) in [5.41, 5.74) is -0.649. The fourth-order valence-corrected chi connectivity index (χ4v) is 2.88. The molecule has 1 aliphatic rings. The molecule has 0 bridgehead atoms. The van der Waals surface area contributed by atoms with Crippen molar-refractivity contribution < 1.29 is 18.8 Å². The molecule has 0 aliphatic carbocycles. The van der Waals surface area contributed by atoms with Crippen molar-refractivity contribution >= 4 is 17.8 Å². The van der Waals surface area contributed by atoms with Gasteiger partial charge in [0, 0.05) is 12.1 Å². The van der Waals surface area contributed by atoms with Crippen LogP contribution in [-0.4, -0.2) is 34.8 Å². The summed E-state index contributed by atoms with van der Waals surface area (Å²) in [4.78, 5) is 37.3. The second-order valence-corrected chi connectivity index (χ2v) is 6.62. The van der Waals surface area contributed by atoms with Crippen LogP contribution in [0.1, 0.15) is 32.8 Å². The van der Waals surface area contributed by atoms with E-state index in [1.165, 1.54) is 6.07 Å². The van der Waals surface area contributed by atoms with Crippen LogP contribution < -0.4 is 10.6 Å². The summed E-state index contributed by atoms with van der Waals surface area (Å²) in [7, 11) is 0. The van der Waals surface area contributed by atoms with Crippen LogP contribution in [0.2, 0.25) is 0 Å². The zero-order valence-corrected chi connectivity index (χ0v) is 14.1. The van der Waals surface area contributed by atoms with Crippen molar-refractivity contribution in [3.8, 4) is 0 Å². The third-order valence-corrected chi connectivity index (χ3v) is 3.90. The Bertz CT molecular complexity index is 662. The summed E-state index contributed by atoms with van der Waals surface area (Å²) < 4.78 is 13.5. The van der Waals surface area contributed by atoms with E-state index >= 15 is 0 Å². The number of imide groups is 1. The molecule has 6 nitrogen and oxygen atoms in total. The Morgan fingerprint density at radius 3 is 2.62 bits per heavy atom. The maximum absolute atomic E-state index is 13.5. The van der Waals surface area contributed by atoms with Crippen molar-refractivity contribution in [2.75, 3.05) is 6.54 Å². The smallest absolute Gasteiger partial charge is 0.325 e. The first-order valence-electron chi connectivity index (χ1n) is 7.87. The second-order valence-electron chi connectivity index (χ2n) is 6.62. The summed E-state index contributed by atoms with van der Waals surface area (Å²) in [6.45, 7) is 5.18. The monoisotopic (exact) mass is 335 g/mol. The van der Waals surface area contributed by atoms with Gasteiger partial charge in [-0.3, -0.25) is 14.5 Å². The van der Waals surface area contributed by atoms with Gasteiger partial charge in [0.2, 0.25) is 5.91 Å². The molecule has 1 fully saturated rings. The van der Waals surface area contributed by atoms with Crippen LogP contribution in [0.25, 0.3) is 0 Å². The number of nitrogens with one attached hydrogen (secondary N) is 2. The Hall–Kier alpha value is -2.44. The van der Waals surface area contributed by atoms with E-state index in [4.69, 9.17) is 0 Å². The van der Waals surface area contributed by atoms with Gasteiger partial charge in [0.25, 0.3) is 5.91 Å². The third kappa shape index (κ3) is 3.90. The molecular weight excluding hydrogens is 313 g/mol. The maximum Gasteiger partial charge on any atom is 0.325 e. The number of urea groups is 1. The Labute approximate surface area is 140 Å². The van der Waals surface area contributed by atoms with E-state index in [-0.39, 0.29) is 19.0 Å². The van der Waals surface area contributed by atoms with Crippen LogP contribution in [0.4, 0.5) is 9.18 Å².